The van der Waals surface area contributed by atoms with Crippen molar-refractivity contribution < 1.29 is 18.7 Å². The zero-order valence-corrected chi connectivity index (χ0v) is 16.6. The van der Waals surface area contributed by atoms with Crippen molar-refractivity contribution in [3.8, 4) is 16.3 Å². The standard InChI is InChI=1S/C21H18FN3O3S/c1-13-20(26)24(21(27)25(13)17-8-6-15(22)7-9-17)11-16-12-29-19(23-16)14-4-3-5-18(10-14)28-2/h3-10,12-13H,11H2,1-2H3. The van der Waals surface area contributed by atoms with Gasteiger partial charge in [0.25, 0.3) is 5.91 Å². The van der Waals surface area contributed by atoms with Crippen LogP contribution in [0.25, 0.3) is 10.6 Å². The van der Waals surface area contributed by atoms with Crippen molar-refractivity contribution in [2.75, 3.05) is 12.0 Å². The molecule has 2 aromatic carbocycles. The second kappa shape index (κ2) is 7.63. The lowest BCUT2D eigenvalue weighted by Crippen LogP contribution is -2.33. The van der Waals surface area contributed by atoms with Gasteiger partial charge in [-0.2, -0.15) is 0 Å². The molecule has 2 heterocycles. The van der Waals surface area contributed by atoms with Gasteiger partial charge >= 0.3 is 6.03 Å². The number of ether oxygens (including phenoxy) is 1. The molecule has 1 unspecified atom stereocenters. The smallest absolute Gasteiger partial charge is 0.332 e. The van der Waals surface area contributed by atoms with Crippen LogP contribution in [-0.4, -0.2) is 35.0 Å². The first kappa shape index (κ1) is 19.1. The molecule has 3 amide bonds. The molecule has 0 spiro atoms. The molecule has 148 valence electrons. The van der Waals surface area contributed by atoms with E-state index < -0.39 is 17.9 Å². The lowest BCUT2D eigenvalue weighted by Gasteiger charge is -2.19. The van der Waals surface area contributed by atoms with Crippen molar-refractivity contribution in [1.82, 2.24) is 9.88 Å². The Balaban J connectivity index is 1.55. The summed E-state index contributed by atoms with van der Waals surface area (Å²) in [5.41, 5.74) is 2.01. The second-order valence-electron chi connectivity index (χ2n) is 6.61. The van der Waals surface area contributed by atoms with E-state index in [1.807, 2.05) is 29.6 Å². The molecule has 1 aliphatic heterocycles. The fourth-order valence-electron chi connectivity index (χ4n) is 3.24. The van der Waals surface area contributed by atoms with Crippen LogP contribution in [0.1, 0.15) is 12.6 Å². The van der Waals surface area contributed by atoms with Crippen LogP contribution in [0.2, 0.25) is 0 Å². The molecule has 29 heavy (non-hydrogen) atoms. The van der Waals surface area contributed by atoms with E-state index in [1.165, 1.54) is 45.4 Å². The van der Waals surface area contributed by atoms with Crippen molar-refractivity contribution in [1.29, 1.82) is 0 Å². The van der Waals surface area contributed by atoms with Crippen LogP contribution in [0.15, 0.2) is 53.9 Å². The summed E-state index contributed by atoms with van der Waals surface area (Å²) in [6, 6.07) is 12.0. The topological polar surface area (TPSA) is 62.7 Å². The van der Waals surface area contributed by atoms with Gasteiger partial charge in [-0.3, -0.25) is 14.6 Å². The average molecular weight is 411 g/mol. The lowest BCUT2D eigenvalue weighted by molar-refractivity contribution is -0.127. The number of urea groups is 1. The molecule has 1 aliphatic rings. The van der Waals surface area contributed by atoms with Crippen LogP contribution < -0.4 is 9.64 Å². The molecular formula is C21H18FN3O3S. The molecule has 0 radical (unpaired) electrons. The number of imide groups is 1. The van der Waals surface area contributed by atoms with Gasteiger partial charge in [-0.05, 0) is 43.3 Å². The number of methoxy groups -OCH3 is 1. The van der Waals surface area contributed by atoms with Crippen molar-refractivity contribution >= 4 is 29.0 Å². The Labute approximate surface area is 171 Å². The van der Waals surface area contributed by atoms with Crippen molar-refractivity contribution in [3.63, 3.8) is 0 Å². The number of nitrogens with zero attached hydrogens (tertiary/aromatic N) is 3. The van der Waals surface area contributed by atoms with E-state index in [2.05, 4.69) is 4.98 Å². The fourth-order valence-corrected chi connectivity index (χ4v) is 4.05. The Kier molecular flexibility index (Phi) is 5.02. The van der Waals surface area contributed by atoms with E-state index in [1.54, 1.807) is 14.0 Å². The molecule has 0 bridgehead atoms. The summed E-state index contributed by atoms with van der Waals surface area (Å²) >= 11 is 1.44. The molecule has 0 aliphatic carbocycles. The molecule has 0 N–H and O–H groups in total. The third-order valence-electron chi connectivity index (χ3n) is 4.74. The normalized spacial score (nSPS) is 16.6. The number of benzene rings is 2. The zero-order valence-electron chi connectivity index (χ0n) is 15.8. The van der Waals surface area contributed by atoms with Gasteiger partial charge in [0, 0.05) is 16.6 Å². The van der Waals surface area contributed by atoms with E-state index in [9.17, 15) is 14.0 Å². The summed E-state index contributed by atoms with van der Waals surface area (Å²) in [5.74, 6) is 0.0203. The summed E-state index contributed by atoms with van der Waals surface area (Å²) in [4.78, 5) is 32.7. The Morgan fingerprint density at radius 3 is 2.66 bits per heavy atom. The van der Waals surface area contributed by atoms with E-state index >= 15 is 0 Å². The highest BCUT2D eigenvalue weighted by atomic mass is 32.1. The lowest BCUT2D eigenvalue weighted by atomic mass is 10.2. The predicted octanol–water partition coefficient (Wildman–Crippen LogP) is 4.32. The van der Waals surface area contributed by atoms with Crippen LogP contribution in [-0.2, 0) is 11.3 Å². The maximum atomic E-state index is 13.2. The monoisotopic (exact) mass is 411 g/mol. The predicted molar refractivity (Wildman–Crippen MR) is 108 cm³/mol. The van der Waals surface area contributed by atoms with Crippen LogP contribution in [0.5, 0.6) is 5.75 Å². The SMILES string of the molecule is COc1cccc(-c2nc(CN3C(=O)C(C)N(c4ccc(F)cc4)C3=O)cs2)c1. The highest BCUT2D eigenvalue weighted by Crippen LogP contribution is 2.30. The molecule has 1 fully saturated rings. The van der Waals surface area contributed by atoms with E-state index in [0.717, 1.165) is 16.3 Å². The second-order valence-corrected chi connectivity index (χ2v) is 7.46. The van der Waals surface area contributed by atoms with Crippen LogP contribution >= 0.6 is 11.3 Å². The van der Waals surface area contributed by atoms with Gasteiger partial charge in [-0.1, -0.05) is 12.1 Å². The summed E-state index contributed by atoms with van der Waals surface area (Å²) in [5, 5.41) is 2.61. The molecule has 1 aromatic heterocycles. The van der Waals surface area contributed by atoms with E-state index in [0.29, 0.717) is 11.4 Å². The van der Waals surface area contributed by atoms with Crippen molar-refractivity contribution in [3.05, 3.63) is 65.4 Å². The maximum Gasteiger partial charge on any atom is 0.332 e. The number of thiazole rings is 1. The number of anilines is 1. The number of amides is 3. The number of halogens is 1. The van der Waals surface area contributed by atoms with Crippen molar-refractivity contribution in [2.45, 2.75) is 19.5 Å². The first-order valence-electron chi connectivity index (χ1n) is 8.97. The molecule has 0 saturated carbocycles. The highest BCUT2D eigenvalue weighted by Gasteiger charge is 2.43. The van der Waals surface area contributed by atoms with Gasteiger partial charge in [-0.15, -0.1) is 11.3 Å². The summed E-state index contributed by atoms with van der Waals surface area (Å²) in [6.07, 6.45) is 0. The van der Waals surface area contributed by atoms with Crippen LogP contribution in [0, 0.1) is 5.82 Å². The van der Waals surface area contributed by atoms with Crippen molar-refractivity contribution in [2.24, 2.45) is 0 Å². The number of hydrogen-bond acceptors (Lipinski definition) is 5. The van der Waals surface area contributed by atoms with Gasteiger partial charge < -0.3 is 4.74 Å². The molecule has 1 atom stereocenters. The summed E-state index contributed by atoms with van der Waals surface area (Å²) in [7, 11) is 1.60. The third kappa shape index (κ3) is 3.58. The fraction of sp³-hybridized carbons (Fsp3) is 0.190. The van der Waals surface area contributed by atoms with Gasteiger partial charge in [0.2, 0.25) is 0 Å². The van der Waals surface area contributed by atoms with Gasteiger partial charge in [0.15, 0.2) is 0 Å². The van der Waals surface area contributed by atoms with E-state index in [-0.39, 0.29) is 12.5 Å². The van der Waals surface area contributed by atoms with E-state index in [4.69, 9.17) is 4.74 Å². The number of hydrogen-bond donors (Lipinski definition) is 0. The molecule has 8 heteroatoms. The number of aromatic nitrogens is 1. The van der Waals surface area contributed by atoms with Crippen LogP contribution in [0.4, 0.5) is 14.9 Å². The number of carbonyl (C=O) groups excluding carboxylic acids is 2. The van der Waals surface area contributed by atoms with Gasteiger partial charge in [0.1, 0.15) is 22.6 Å². The first-order valence-corrected chi connectivity index (χ1v) is 9.85. The first-order chi connectivity index (χ1) is 14.0. The Morgan fingerprint density at radius 1 is 1.17 bits per heavy atom. The summed E-state index contributed by atoms with van der Waals surface area (Å²) < 4.78 is 18.4. The largest absolute Gasteiger partial charge is 0.497 e. The maximum absolute atomic E-state index is 13.2. The quantitative estimate of drug-likeness (QED) is 0.587. The molecule has 6 nitrogen and oxygen atoms in total. The minimum absolute atomic E-state index is 0.0835. The Hall–Kier alpha value is -3.26. The average Bonchev–Trinajstić information content (AvgIpc) is 3.28. The molecule has 3 aromatic rings. The number of rotatable bonds is 5. The Morgan fingerprint density at radius 2 is 1.93 bits per heavy atom. The molecular weight excluding hydrogens is 393 g/mol. The molecule has 4 rings (SSSR count). The van der Waals surface area contributed by atoms with Gasteiger partial charge in [0.05, 0.1) is 19.3 Å². The highest BCUT2D eigenvalue weighted by molar-refractivity contribution is 7.13. The zero-order chi connectivity index (χ0) is 20.5. The number of carbonyl (C=O) groups is 2. The van der Waals surface area contributed by atoms with Crippen LogP contribution in [0.3, 0.4) is 0 Å². The van der Waals surface area contributed by atoms with Gasteiger partial charge in [-0.25, -0.2) is 14.2 Å². The minimum atomic E-state index is -0.663. The minimum Gasteiger partial charge on any atom is -0.497 e. The third-order valence-corrected chi connectivity index (χ3v) is 5.68. The Bertz CT molecular complexity index is 1070. The summed E-state index contributed by atoms with van der Waals surface area (Å²) in [6.45, 7) is 1.74. The molecule has 1 saturated heterocycles.